The van der Waals surface area contributed by atoms with Gasteiger partial charge in [0.1, 0.15) is 23.1 Å². The molecule has 1 saturated heterocycles. The van der Waals surface area contributed by atoms with Crippen LogP contribution in [0.15, 0.2) is 72.3 Å². The van der Waals surface area contributed by atoms with E-state index in [4.69, 9.17) is 16.3 Å². The van der Waals surface area contributed by atoms with E-state index in [1.54, 1.807) is 13.0 Å². The van der Waals surface area contributed by atoms with Crippen LogP contribution in [-0.2, 0) is 9.59 Å². The molecule has 0 spiro atoms. The number of Topliss-reactive ketones (excluding diaryl/α,β-unsaturated/α-hetero) is 1. The van der Waals surface area contributed by atoms with Gasteiger partial charge in [0.15, 0.2) is 0 Å². The van der Waals surface area contributed by atoms with Gasteiger partial charge in [0, 0.05) is 11.3 Å². The quantitative estimate of drug-likeness (QED) is 0.298. The van der Waals surface area contributed by atoms with E-state index in [9.17, 15) is 23.5 Å². The fourth-order valence-corrected chi connectivity index (χ4v) is 3.98. The number of carbonyl (C=O) groups is 2. The molecule has 1 unspecified atom stereocenters. The molecule has 8 heteroatoms. The second-order valence-corrected chi connectivity index (χ2v) is 7.68. The van der Waals surface area contributed by atoms with Gasteiger partial charge in [0.2, 0.25) is 0 Å². The highest BCUT2D eigenvalue weighted by Crippen LogP contribution is 2.43. The van der Waals surface area contributed by atoms with Crippen LogP contribution in [-0.4, -0.2) is 23.4 Å². The number of ether oxygens (including phenoxy) is 1. The number of aliphatic hydroxyl groups excluding tert-OH is 1. The van der Waals surface area contributed by atoms with Crippen molar-refractivity contribution in [2.45, 2.75) is 13.0 Å². The Morgan fingerprint density at radius 1 is 1.03 bits per heavy atom. The maximum Gasteiger partial charge on any atom is 0.300 e. The number of benzene rings is 3. The fraction of sp³-hybridized carbons (Fsp3) is 0.120. The summed E-state index contributed by atoms with van der Waals surface area (Å²) in [4.78, 5) is 27.2. The second kappa shape index (κ2) is 9.03. The van der Waals surface area contributed by atoms with E-state index in [1.165, 1.54) is 54.6 Å². The molecule has 1 amide bonds. The molecule has 0 aromatic heterocycles. The first-order chi connectivity index (χ1) is 15.8. The Balaban J connectivity index is 1.96. The predicted molar refractivity (Wildman–Crippen MR) is 120 cm³/mol. The highest BCUT2D eigenvalue weighted by molar-refractivity contribution is 6.52. The van der Waals surface area contributed by atoms with Crippen LogP contribution in [0.2, 0.25) is 5.02 Å². The van der Waals surface area contributed by atoms with Gasteiger partial charge < -0.3 is 9.84 Å². The molecule has 3 aromatic carbocycles. The molecule has 1 N–H and O–H groups in total. The predicted octanol–water partition coefficient (Wildman–Crippen LogP) is 5.64. The Morgan fingerprint density at radius 2 is 1.76 bits per heavy atom. The van der Waals surface area contributed by atoms with Gasteiger partial charge in [0.25, 0.3) is 11.7 Å². The van der Waals surface area contributed by atoms with Gasteiger partial charge in [-0.25, -0.2) is 8.78 Å². The van der Waals surface area contributed by atoms with E-state index in [0.717, 1.165) is 11.0 Å². The molecule has 0 radical (unpaired) electrons. The molecular weight excluding hydrogens is 452 g/mol. The van der Waals surface area contributed by atoms with Gasteiger partial charge in [-0.15, -0.1) is 0 Å². The number of halogens is 3. The maximum absolute atomic E-state index is 14.0. The largest absolute Gasteiger partial charge is 0.507 e. The summed E-state index contributed by atoms with van der Waals surface area (Å²) in [5.74, 6) is -3.19. The zero-order valence-corrected chi connectivity index (χ0v) is 18.1. The lowest BCUT2D eigenvalue weighted by Gasteiger charge is -2.25. The SMILES string of the molecule is CCOc1ccc(Cl)c(/C(O)=C2\C(=O)C(=O)N(c3cccc(F)c3)C2c2ccc(F)cc2)c1. The van der Waals surface area contributed by atoms with E-state index in [-0.39, 0.29) is 21.8 Å². The lowest BCUT2D eigenvalue weighted by Crippen LogP contribution is -2.29. The molecule has 1 heterocycles. The summed E-state index contributed by atoms with van der Waals surface area (Å²) < 4.78 is 33.0. The van der Waals surface area contributed by atoms with Crippen molar-refractivity contribution in [3.05, 3.63) is 100 Å². The molecule has 0 saturated carbocycles. The molecule has 1 atom stereocenters. The molecular formula is C25H18ClF2NO4. The van der Waals surface area contributed by atoms with Crippen molar-refractivity contribution in [3.8, 4) is 5.75 Å². The Labute approximate surface area is 193 Å². The van der Waals surface area contributed by atoms with Crippen molar-refractivity contribution in [2.24, 2.45) is 0 Å². The number of carbonyl (C=O) groups excluding carboxylic acids is 2. The monoisotopic (exact) mass is 469 g/mol. The van der Waals surface area contributed by atoms with E-state index >= 15 is 0 Å². The molecule has 4 rings (SSSR count). The number of ketones is 1. The third kappa shape index (κ3) is 4.19. The van der Waals surface area contributed by atoms with Gasteiger partial charge in [-0.3, -0.25) is 14.5 Å². The zero-order valence-electron chi connectivity index (χ0n) is 17.4. The van der Waals surface area contributed by atoms with Crippen LogP contribution in [0, 0.1) is 11.6 Å². The molecule has 168 valence electrons. The Kier molecular flexibility index (Phi) is 6.16. The molecule has 3 aromatic rings. The number of hydrogen-bond donors (Lipinski definition) is 1. The van der Waals surface area contributed by atoms with Crippen molar-refractivity contribution < 1.29 is 28.2 Å². The van der Waals surface area contributed by atoms with Gasteiger partial charge in [-0.2, -0.15) is 0 Å². The third-order valence-electron chi connectivity index (χ3n) is 5.22. The number of anilines is 1. The van der Waals surface area contributed by atoms with Crippen molar-refractivity contribution in [3.63, 3.8) is 0 Å². The minimum atomic E-state index is -1.14. The molecule has 5 nitrogen and oxygen atoms in total. The van der Waals surface area contributed by atoms with Crippen LogP contribution in [0.4, 0.5) is 14.5 Å². The van der Waals surface area contributed by atoms with Crippen molar-refractivity contribution in [1.82, 2.24) is 0 Å². The topological polar surface area (TPSA) is 66.8 Å². The van der Waals surface area contributed by atoms with Gasteiger partial charge in [-0.05, 0) is 61.0 Å². The highest BCUT2D eigenvalue weighted by atomic mass is 35.5. The minimum absolute atomic E-state index is 0.0898. The first kappa shape index (κ1) is 22.5. The maximum atomic E-state index is 14.0. The van der Waals surface area contributed by atoms with Crippen LogP contribution in [0.25, 0.3) is 5.76 Å². The van der Waals surface area contributed by atoms with Crippen molar-refractivity contribution >= 4 is 34.7 Å². The molecule has 1 aliphatic heterocycles. The van der Waals surface area contributed by atoms with Gasteiger partial charge >= 0.3 is 0 Å². The minimum Gasteiger partial charge on any atom is -0.507 e. The summed E-state index contributed by atoms with van der Waals surface area (Å²) in [6.45, 7) is 2.15. The summed E-state index contributed by atoms with van der Waals surface area (Å²) >= 11 is 6.28. The van der Waals surface area contributed by atoms with E-state index in [2.05, 4.69) is 0 Å². The van der Waals surface area contributed by atoms with Crippen molar-refractivity contribution in [1.29, 1.82) is 0 Å². The highest BCUT2D eigenvalue weighted by Gasteiger charge is 2.47. The average Bonchev–Trinajstić information content (AvgIpc) is 3.06. The third-order valence-corrected chi connectivity index (χ3v) is 5.55. The molecule has 0 aliphatic carbocycles. The van der Waals surface area contributed by atoms with Crippen LogP contribution in [0.3, 0.4) is 0 Å². The molecule has 1 fully saturated rings. The molecule has 0 bridgehead atoms. The Morgan fingerprint density at radius 3 is 2.42 bits per heavy atom. The average molecular weight is 470 g/mol. The fourth-order valence-electron chi connectivity index (χ4n) is 3.77. The standard InChI is InChI=1S/C25H18ClF2NO4/c1-2-33-18-10-11-20(26)19(13-18)23(30)21-22(14-6-8-15(27)9-7-14)29(25(32)24(21)31)17-5-3-4-16(28)12-17/h3-13,22,30H,2H2,1H3/b23-21+. The van der Waals surface area contributed by atoms with Crippen molar-refractivity contribution in [2.75, 3.05) is 11.5 Å². The summed E-state index contributed by atoms with van der Waals surface area (Å²) in [5, 5.41) is 11.3. The van der Waals surface area contributed by atoms with Crippen LogP contribution >= 0.6 is 11.6 Å². The van der Waals surface area contributed by atoms with Crippen LogP contribution in [0.5, 0.6) is 5.75 Å². The smallest absolute Gasteiger partial charge is 0.300 e. The van der Waals surface area contributed by atoms with E-state index < -0.39 is 35.1 Å². The molecule has 1 aliphatic rings. The number of amides is 1. The summed E-state index contributed by atoms with van der Waals surface area (Å²) in [6.07, 6.45) is 0. The second-order valence-electron chi connectivity index (χ2n) is 7.28. The lowest BCUT2D eigenvalue weighted by molar-refractivity contribution is -0.132. The number of aliphatic hydroxyl groups is 1. The summed E-state index contributed by atoms with van der Waals surface area (Å²) in [5.41, 5.74) is 0.288. The number of nitrogens with zero attached hydrogens (tertiary/aromatic N) is 1. The van der Waals surface area contributed by atoms with Crippen LogP contribution < -0.4 is 9.64 Å². The first-order valence-electron chi connectivity index (χ1n) is 10.1. The lowest BCUT2D eigenvalue weighted by atomic mass is 9.95. The normalized spacial score (nSPS) is 17.5. The first-order valence-corrected chi connectivity index (χ1v) is 10.4. The Hall–Kier alpha value is -3.71. The Bertz CT molecular complexity index is 1270. The van der Waals surface area contributed by atoms with E-state index in [1.807, 2.05) is 0 Å². The molecule has 33 heavy (non-hydrogen) atoms. The summed E-state index contributed by atoms with van der Waals surface area (Å²) in [6, 6.07) is 13.7. The van der Waals surface area contributed by atoms with Gasteiger partial charge in [0.05, 0.1) is 23.2 Å². The van der Waals surface area contributed by atoms with Gasteiger partial charge in [-0.1, -0.05) is 29.8 Å². The number of rotatable bonds is 5. The van der Waals surface area contributed by atoms with Crippen LogP contribution in [0.1, 0.15) is 24.1 Å². The van der Waals surface area contributed by atoms with E-state index in [0.29, 0.717) is 17.9 Å². The summed E-state index contributed by atoms with van der Waals surface area (Å²) in [7, 11) is 0. The number of hydrogen-bond acceptors (Lipinski definition) is 4. The zero-order chi connectivity index (χ0) is 23.7.